The molecule has 3 amide bonds. The van der Waals surface area contributed by atoms with Crippen LogP contribution in [0.1, 0.15) is 30.9 Å². The number of aromatic nitrogens is 1. The molecule has 0 bridgehead atoms. The van der Waals surface area contributed by atoms with Crippen LogP contribution in [0, 0.1) is 5.92 Å². The highest BCUT2D eigenvalue weighted by molar-refractivity contribution is 8.18. The third-order valence-corrected chi connectivity index (χ3v) is 5.83. The van der Waals surface area contributed by atoms with E-state index in [4.69, 9.17) is 11.6 Å². The summed E-state index contributed by atoms with van der Waals surface area (Å²) in [7, 11) is 0. The number of rotatable bonds is 7. The van der Waals surface area contributed by atoms with Crippen molar-refractivity contribution in [2.75, 3.05) is 13.1 Å². The first-order valence-corrected chi connectivity index (χ1v) is 10.7. The molecule has 1 fully saturated rings. The second-order valence-electron chi connectivity index (χ2n) is 7.18. The maximum atomic E-state index is 12.8. The predicted molar refractivity (Wildman–Crippen MR) is 119 cm³/mol. The Labute approximate surface area is 184 Å². The average molecular weight is 444 g/mol. The summed E-state index contributed by atoms with van der Waals surface area (Å²) in [4.78, 5) is 43.1. The van der Waals surface area contributed by atoms with Crippen LogP contribution in [0.4, 0.5) is 4.79 Å². The van der Waals surface area contributed by atoms with Gasteiger partial charge in [0.1, 0.15) is 0 Å². The van der Waals surface area contributed by atoms with E-state index in [1.54, 1.807) is 36.7 Å². The van der Waals surface area contributed by atoms with Gasteiger partial charge in [-0.25, -0.2) is 0 Å². The monoisotopic (exact) mass is 443 g/mol. The number of benzene rings is 1. The van der Waals surface area contributed by atoms with E-state index >= 15 is 0 Å². The van der Waals surface area contributed by atoms with Gasteiger partial charge in [-0.3, -0.25) is 24.3 Å². The smallest absolute Gasteiger partial charge is 0.293 e. The second-order valence-corrected chi connectivity index (χ2v) is 8.61. The third-order valence-electron chi connectivity index (χ3n) is 4.67. The molecule has 1 saturated heterocycles. The van der Waals surface area contributed by atoms with E-state index in [9.17, 15) is 14.4 Å². The lowest BCUT2D eigenvalue weighted by molar-refractivity contribution is -0.125. The number of imide groups is 1. The number of amides is 3. The summed E-state index contributed by atoms with van der Waals surface area (Å²) in [6.45, 7) is 4.25. The van der Waals surface area contributed by atoms with Crippen LogP contribution in [0.25, 0.3) is 6.08 Å². The molecule has 2 aromatic rings. The van der Waals surface area contributed by atoms with Crippen LogP contribution in [-0.4, -0.2) is 40.0 Å². The molecule has 1 unspecified atom stereocenters. The zero-order chi connectivity index (χ0) is 21.7. The first kappa shape index (κ1) is 22.1. The number of nitrogens with one attached hydrogen (secondary N) is 1. The maximum absolute atomic E-state index is 12.8. The number of carbonyl (C=O) groups excluding carboxylic acids is 3. The summed E-state index contributed by atoms with van der Waals surface area (Å²) < 4.78 is 0. The number of thioether (sulfide) groups is 1. The molecule has 1 aliphatic rings. The maximum Gasteiger partial charge on any atom is 0.293 e. The van der Waals surface area contributed by atoms with Crippen molar-refractivity contribution in [3.63, 3.8) is 0 Å². The van der Waals surface area contributed by atoms with E-state index in [1.165, 1.54) is 0 Å². The van der Waals surface area contributed by atoms with Crippen LogP contribution in [0.3, 0.4) is 0 Å². The van der Waals surface area contributed by atoms with Gasteiger partial charge in [0.15, 0.2) is 0 Å². The molecule has 1 aromatic carbocycles. The Kier molecular flexibility index (Phi) is 7.29. The van der Waals surface area contributed by atoms with Gasteiger partial charge in [-0.05, 0) is 53.1 Å². The van der Waals surface area contributed by atoms with Crippen molar-refractivity contribution in [1.29, 1.82) is 0 Å². The van der Waals surface area contributed by atoms with Gasteiger partial charge < -0.3 is 5.32 Å². The fourth-order valence-electron chi connectivity index (χ4n) is 3.22. The number of nitrogens with zero attached hydrogens (tertiary/aromatic N) is 2. The lowest BCUT2D eigenvalue weighted by Crippen LogP contribution is -2.39. The van der Waals surface area contributed by atoms with Crippen molar-refractivity contribution in [3.8, 4) is 0 Å². The Bertz CT molecular complexity index is 961. The fourth-order valence-corrected chi connectivity index (χ4v) is 4.21. The van der Waals surface area contributed by atoms with E-state index in [1.807, 2.05) is 32.0 Å². The largest absolute Gasteiger partial charge is 0.354 e. The fraction of sp³-hybridized carbons (Fsp3) is 0.273. The predicted octanol–water partition coefficient (Wildman–Crippen LogP) is 4.33. The van der Waals surface area contributed by atoms with Crippen LogP contribution in [0.5, 0.6) is 0 Å². The van der Waals surface area contributed by atoms with Crippen LogP contribution in [0.2, 0.25) is 5.02 Å². The molecule has 1 atom stereocenters. The highest BCUT2D eigenvalue weighted by atomic mass is 35.5. The molecule has 0 aliphatic carbocycles. The third kappa shape index (κ3) is 5.29. The van der Waals surface area contributed by atoms with E-state index in [2.05, 4.69) is 10.3 Å². The Morgan fingerprint density at radius 2 is 1.97 bits per heavy atom. The zero-order valence-electron chi connectivity index (χ0n) is 16.7. The number of hydrogen-bond acceptors (Lipinski definition) is 5. The zero-order valence-corrected chi connectivity index (χ0v) is 18.2. The van der Waals surface area contributed by atoms with E-state index in [0.29, 0.717) is 9.93 Å². The van der Waals surface area contributed by atoms with Gasteiger partial charge in [0.2, 0.25) is 5.91 Å². The van der Waals surface area contributed by atoms with Crippen molar-refractivity contribution in [2.24, 2.45) is 5.92 Å². The molecular weight excluding hydrogens is 422 g/mol. The van der Waals surface area contributed by atoms with Gasteiger partial charge >= 0.3 is 0 Å². The van der Waals surface area contributed by atoms with Crippen LogP contribution in [0.15, 0.2) is 53.7 Å². The minimum absolute atomic E-state index is 0.0748. The summed E-state index contributed by atoms with van der Waals surface area (Å²) in [5, 5.41) is 3.12. The minimum Gasteiger partial charge on any atom is -0.354 e. The summed E-state index contributed by atoms with van der Waals surface area (Å²) in [6, 6.07) is 10.8. The van der Waals surface area contributed by atoms with E-state index < -0.39 is 0 Å². The highest BCUT2D eigenvalue weighted by Crippen LogP contribution is 2.32. The highest BCUT2D eigenvalue weighted by Gasteiger charge is 2.35. The molecule has 1 N–H and O–H groups in total. The second kappa shape index (κ2) is 9.91. The van der Waals surface area contributed by atoms with Crippen molar-refractivity contribution in [2.45, 2.75) is 19.8 Å². The Morgan fingerprint density at radius 3 is 2.60 bits per heavy atom. The number of pyridine rings is 1. The van der Waals surface area contributed by atoms with Crippen LogP contribution >= 0.6 is 23.4 Å². The summed E-state index contributed by atoms with van der Waals surface area (Å²) in [5.74, 6) is -0.778. The van der Waals surface area contributed by atoms with Gasteiger partial charge in [0.25, 0.3) is 11.1 Å². The quantitative estimate of drug-likeness (QED) is 0.644. The van der Waals surface area contributed by atoms with Gasteiger partial charge in [0, 0.05) is 30.5 Å². The first-order valence-electron chi connectivity index (χ1n) is 9.55. The molecule has 3 rings (SSSR count). The minimum atomic E-state index is -0.360. The molecule has 0 spiro atoms. The normalized spacial score (nSPS) is 16.4. The lowest BCUT2D eigenvalue weighted by Gasteiger charge is -2.21. The molecule has 0 radical (unpaired) electrons. The van der Waals surface area contributed by atoms with Gasteiger partial charge in [-0.15, -0.1) is 0 Å². The van der Waals surface area contributed by atoms with Gasteiger partial charge in [-0.2, -0.15) is 0 Å². The lowest BCUT2D eigenvalue weighted by atomic mass is 9.87. The Hall–Kier alpha value is -2.64. The molecule has 8 heteroatoms. The average Bonchev–Trinajstić information content (AvgIpc) is 2.97. The number of carbonyl (C=O) groups is 3. The topological polar surface area (TPSA) is 79.4 Å². The molecule has 2 heterocycles. The van der Waals surface area contributed by atoms with Crippen molar-refractivity contribution in [1.82, 2.24) is 15.2 Å². The summed E-state index contributed by atoms with van der Waals surface area (Å²) in [5.41, 5.74) is 1.62. The molecule has 156 valence electrons. The van der Waals surface area contributed by atoms with Gasteiger partial charge in [-0.1, -0.05) is 43.6 Å². The SMILES string of the molecule is CC(C)C(C(=O)NCCN1C(=O)S/C(=C/c2cccnc2)C1=O)c1ccc(Cl)cc1. The molecule has 1 aliphatic heterocycles. The molecule has 1 aromatic heterocycles. The standard InChI is InChI=1S/C22H22ClN3O3S/c1-14(2)19(16-5-7-17(23)8-6-16)20(27)25-10-11-26-21(28)18(30-22(26)29)12-15-4-3-9-24-13-15/h3-9,12-14,19H,10-11H2,1-2H3,(H,25,27)/b18-12+. The first-order chi connectivity index (χ1) is 14.4. The van der Waals surface area contributed by atoms with Crippen LogP contribution in [-0.2, 0) is 9.59 Å². The van der Waals surface area contributed by atoms with E-state index in [-0.39, 0.29) is 42.0 Å². The molecule has 0 saturated carbocycles. The molecule has 6 nitrogen and oxygen atoms in total. The number of hydrogen-bond donors (Lipinski definition) is 1. The van der Waals surface area contributed by atoms with E-state index in [0.717, 1.165) is 27.8 Å². The molecular formula is C22H22ClN3O3S. The molecule has 30 heavy (non-hydrogen) atoms. The Morgan fingerprint density at radius 1 is 1.23 bits per heavy atom. The van der Waals surface area contributed by atoms with Crippen LogP contribution < -0.4 is 5.32 Å². The van der Waals surface area contributed by atoms with Gasteiger partial charge in [0.05, 0.1) is 10.8 Å². The Balaban J connectivity index is 1.60. The van der Waals surface area contributed by atoms with Crippen molar-refractivity contribution < 1.29 is 14.4 Å². The van der Waals surface area contributed by atoms with Crippen molar-refractivity contribution >= 4 is 46.5 Å². The van der Waals surface area contributed by atoms with Crippen molar-refractivity contribution in [3.05, 3.63) is 69.8 Å². The summed E-state index contributed by atoms with van der Waals surface area (Å²) in [6.07, 6.45) is 4.91. The number of halogens is 1. The summed E-state index contributed by atoms with van der Waals surface area (Å²) >= 11 is 6.83.